The highest BCUT2D eigenvalue weighted by molar-refractivity contribution is 7.93. The second-order valence-electron chi connectivity index (χ2n) is 5.20. The van der Waals surface area contributed by atoms with Crippen molar-refractivity contribution in [2.24, 2.45) is 0 Å². The summed E-state index contributed by atoms with van der Waals surface area (Å²) in [5, 5.41) is 3.36. The summed E-state index contributed by atoms with van der Waals surface area (Å²) in [6, 6.07) is 0.376. The zero-order chi connectivity index (χ0) is 14.5. The van der Waals surface area contributed by atoms with Gasteiger partial charge in [0.25, 0.3) is 0 Å². The van der Waals surface area contributed by atoms with Crippen molar-refractivity contribution < 1.29 is 16.8 Å². The summed E-state index contributed by atoms with van der Waals surface area (Å²) in [5.74, 6) is -0.651. The molecule has 0 aliphatic carbocycles. The van der Waals surface area contributed by atoms with Gasteiger partial charge in [-0.05, 0) is 25.8 Å². The van der Waals surface area contributed by atoms with Crippen LogP contribution in [0.4, 0.5) is 0 Å². The predicted octanol–water partition coefficient (Wildman–Crippen LogP) is -0.175. The lowest BCUT2D eigenvalue weighted by Crippen LogP contribution is -2.39. The fourth-order valence-electron chi connectivity index (χ4n) is 2.06. The fourth-order valence-corrected chi connectivity index (χ4v) is 4.81. The van der Waals surface area contributed by atoms with Crippen molar-refractivity contribution in [2.45, 2.75) is 31.7 Å². The molecular weight excluding hydrogens is 288 g/mol. The molecule has 0 bridgehead atoms. The number of hydrogen-bond acceptors (Lipinski definition) is 5. The maximum absolute atomic E-state index is 11.9. The number of sulfone groups is 1. The SMILES string of the molecule is CN(CCC1CCCCN1)S(=O)(=O)CCS(C)(=O)=O. The van der Waals surface area contributed by atoms with E-state index < -0.39 is 19.9 Å². The van der Waals surface area contributed by atoms with Gasteiger partial charge >= 0.3 is 0 Å². The van der Waals surface area contributed by atoms with E-state index in [0.29, 0.717) is 12.6 Å². The number of hydrogen-bond donors (Lipinski definition) is 1. The molecule has 1 aliphatic rings. The summed E-state index contributed by atoms with van der Waals surface area (Å²) in [5.41, 5.74) is 0. The van der Waals surface area contributed by atoms with Crippen LogP contribution in [0.15, 0.2) is 0 Å². The molecule has 0 radical (unpaired) electrons. The van der Waals surface area contributed by atoms with E-state index in [0.717, 1.165) is 25.6 Å². The Morgan fingerprint density at radius 3 is 2.37 bits per heavy atom. The predicted molar refractivity (Wildman–Crippen MR) is 76.4 cm³/mol. The number of nitrogens with zero attached hydrogens (tertiary/aromatic N) is 1. The Morgan fingerprint density at radius 1 is 1.16 bits per heavy atom. The molecule has 1 fully saturated rings. The van der Waals surface area contributed by atoms with Gasteiger partial charge in [0, 0.05) is 25.9 Å². The normalized spacial score (nSPS) is 21.7. The second kappa shape index (κ2) is 7.01. The third-order valence-corrected chi connectivity index (χ3v) is 6.45. The third kappa shape index (κ3) is 6.69. The molecule has 1 aliphatic heterocycles. The van der Waals surface area contributed by atoms with E-state index in [2.05, 4.69) is 5.32 Å². The van der Waals surface area contributed by atoms with Crippen molar-refractivity contribution in [3.63, 3.8) is 0 Å². The molecule has 114 valence electrons. The molecule has 0 aromatic heterocycles. The van der Waals surface area contributed by atoms with Crippen molar-refractivity contribution in [1.29, 1.82) is 0 Å². The summed E-state index contributed by atoms with van der Waals surface area (Å²) in [4.78, 5) is 0. The lowest BCUT2D eigenvalue weighted by molar-refractivity contribution is 0.352. The first-order valence-corrected chi connectivity index (χ1v) is 10.2. The van der Waals surface area contributed by atoms with Gasteiger partial charge in [-0.25, -0.2) is 21.1 Å². The summed E-state index contributed by atoms with van der Waals surface area (Å²) in [6.07, 6.45) is 5.27. The first-order chi connectivity index (χ1) is 8.71. The Hall–Kier alpha value is -0.180. The van der Waals surface area contributed by atoms with E-state index in [4.69, 9.17) is 0 Å². The van der Waals surface area contributed by atoms with Gasteiger partial charge in [-0.15, -0.1) is 0 Å². The molecule has 0 amide bonds. The standard InChI is InChI=1S/C11H24N2O4S2/c1-13(8-6-11-5-3-4-7-12-11)19(16,17)10-9-18(2,14)15/h11-12H,3-10H2,1-2H3. The smallest absolute Gasteiger partial charge is 0.214 e. The lowest BCUT2D eigenvalue weighted by atomic mass is 10.0. The first kappa shape index (κ1) is 16.9. The molecular formula is C11H24N2O4S2. The van der Waals surface area contributed by atoms with Crippen LogP contribution in [0, 0.1) is 0 Å². The van der Waals surface area contributed by atoms with Gasteiger partial charge in [0.05, 0.1) is 11.5 Å². The number of piperidine rings is 1. The van der Waals surface area contributed by atoms with Crippen LogP contribution in [0.2, 0.25) is 0 Å². The average molecular weight is 312 g/mol. The molecule has 1 unspecified atom stereocenters. The Balaban J connectivity index is 2.40. The summed E-state index contributed by atoms with van der Waals surface area (Å²) >= 11 is 0. The highest BCUT2D eigenvalue weighted by Crippen LogP contribution is 2.11. The Labute approximate surface area is 116 Å². The summed E-state index contributed by atoms with van der Waals surface area (Å²) in [6.45, 7) is 1.43. The van der Waals surface area contributed by atoms with Crippen LogP contribution in [0.5, 0.6) is 0 Å². The molecule has 0 aromatic carbocycles. The van der Waals surface area contributed by atoms with E-state index in [-0.39, 0.29) is 11.5 Å². The van der Waals surface area contributed by atoms with Crippen molar-refractivity contribution in [1.82, 2.24) is 9.62 Å². The van der Waals surface area contributed by atoms with E-state index in [1.165, 1.54) is 24.2 Å². The Morgan fingerprint density at radius 2 is 1.84 bits per heavy atom. The van der Waals surface area contributed by atoms with Gasteiger partial charge in [0.2, 0.25) is 10.0 Å². The molecule has 1 N–H and O–H groups in total. The van der Waals surface area contributed by atoms with E-state index in [1.807, 2.05) is 0 Å². The van der Waals surface area contributed by atoms with Crippen molar-refractivity contribution >= 4 is 19.9 Å². The van der Waals surface area contributed by atoms with Crippen molar-refractivity contribution in [3.05, 3.63) is 0 Å². The maximum Gasteiger partial charge on any atom is 0.214 e. The molecule has 1 atom stereocenters. The fraction of sp³-hybridized carbons (Fsp3) is 1.00. The van der Waals surface area contributed by atoms with Crippen molar-refractivity contribution in [2.75, 3.05) is 37.9 Å². The Kier molecular flexibility index (Phi) is 6.22. The Bertz CT molecular complexity index is 467. The minimum absolute atomic E-state index is 0.318. The van der Waals surface area contributed by atoms with Gasteiger partial charge < -0.3 is 5.32 Å². The third-order valence-electron chi connectivity index (χ3n) is 3.39. The average Bonchev–Trinajstić information content (AvgIpc) is 2.34. The van der Waals surface area contributed by atoms with Crippen molar-refractivity contribution in [3.8, 4) is 0 Å². The number of rotatable bonds is 7. The first-order valence-electron chi connectivity index (χ1n) is 6.56. The minimum atomic E-state index is -3.47. The quantitative estimate of drug-likeness (QED) is 0.705. The molecule has 0 aromatic rings. The van der Waals surface area contributed by atoms with Gasteiger partial charge in [-0.3, -0.25) is 0 Å². The molecule has 0 spiro atoms. The largest absolute Gasteiger partial charge is 0.314 e. The highest BCUT2D eigenvalue weighted by atomic mass is 32.2. The molecule has 6 nitrogen and oxygen atoms in total. The monoisotopic (exact) mass is 312 g/mol. The molecule has 8 heteroatoms. The maximum atomic E-state index is 11.9. The lowest BCUT2D eigenvalue weighted by Gasteiger charge is -2.25. The summed E-state index contributed by atoms with van der Waals surface area (Å²) < 4.78 is 47.1. The molecule has 1 saturated heterocycles. The minimum Gasteiger partial charge on any atom is -0.314 e. The van der Waals surface area contributed by atoms with Gasteiger partial charge in [0.1, 0.15) is 9.84 Å². The molecule has 0 saturated carbocycles. The summed E-state index contributed by atoms with van der Waals surface area (Å²) in [7, 11) is -5.20. The zero-order valence-electron chi connectivity index (χ0n) is 11.6. The van der Waals surface area contributed by atoms with Crippen LogP contribution in [0.3, 0.4) is 0 Å². The molecule has 1 heterocycles. The second-order valence-corrected chi connectivity index (χ2v) is 9.66. The number of nitrogens with one attached hydrogen (secondary N) is 1. The topological polar surface area (TPSA) is 83.6 Å². The van der Waals surface area contributed by atoms with Crippen LogP contribution < -0.4 is 5.32 Å². The van der Waals surface area contributed by atoms with Gasteiger partial charge in [0.15, 0.2) is 0 Å². The zero-order valence-corrected chi connectivity index (χ0v) is 13.3. The molecule has 19 heavy (non-hydrogen) atoms. The van der Waals surface area contributed by atoms with Crippen LogP contribution in [0.25, 0.3) is 0 Å². The van der Waals surface area contributed by atoms with E-state index in [9.17, 15) is 16.8 Å². The van der Waals surface area contributed by atoms with E-state index in [1.54, 1.807) is 0 Å². The van der Waals surface area contributed by atoms with Crippen LogP contribution in [-0.4, -0.2) is 65.1 Å². The van der Waals surface area contributed by atoms with Crippen LogP contribution >= 0.6 is 0 Å². The van der Waals surface area contributed by atoms with Gasteiger partial charge in [-0.1, -0.05) is 6.42 Å². The van der Waals surface area contributed by atoms with E-state index >= 15 is 0 Å². The van der Waals surface area contributed by atoms with Gasteiger partial charge in [-0.2, -0.15) is 0 Å². The van der Waals surface area contributed by atoms with Crippen LogP contribution in [0.1, 0.15) is 25.7 Å². The molecule has 1 rings (SSSR count). The highest BCUT2D eigenvalue weighted by Gasteiger charge is 2.21. The number of sulfonamides is 1. The van der Waals surface area contributed by atoms with Crippen LogP contribution in [-0.2, 0) is 19.9 Å².